The third kappa shape index (κ3) is 1.99. The van der Waals surface area contributed by atoms with Gasteiger partial charge in [0, 0.05) is 19.4 Å². The highest BCUT2D eigenvalue weighted by atomic mass is 79.9. The fraction of sp³-hybridized carbons (Fsp3) is 0.222. The molecule has 0 aromatic carbocycles. The van der Waals surface area contributed by atoms with Gasteiger partial charge in [0.05, 0.1) is 10.2 Å². The van der Waals surface area contributed by atoms with E-state index in [1.165, 1.54) is 0 Å². The number of nitrogens with zero attached hydrogens (tertiary/aromatic N) is 4. The summed E-state index contributed by atoms with van der Waals surface area (Å²) in [6.45, 7) is 1.94. The van der Waals surface area contributed by atoms with Gasteiger partial charge >= 0.3 is 0 Å². The minimum absolute atomic E-state index is 0.571. The first kappa shape index (κ1) is 10.1. The summed E-state index contributed by atoms with van der Waals surface area (Å²) in [4.78, 5) is 8.39. The lowest BCUT2D eigenvalue weighted by Crippen LogP contribution is -2.04. The highest BCUT2D eigenvalue weighted by Crippen LogP contribution is 2.18. The number of hydrogen-bond acceptors (Lipinski definition) is 4. The zero-order valence-electron chi connectivity index (χ0n) is 8.40. The first-order valence-electron chi connectivity index (χ1n) is 4.43. The van der Waals surface area contributed by atoms with Crippen LogP contribution in [-0.4, -0.2) is 26.8 Å². The monoisotopic (exact) mass is 267 g/mol. The molecule has 0 aliphatic carbocycles. The van der Waals surface area contributed by atoms with Crippen LogP contribution in [0, 0.1) is 6.92 Å². The van der Waals surface area contributed by atoms with Gasteiger partial charge in [-0.05, 0) is 28.9 Å². The minimum atomic E-state index is 0.571. The van der Waals surface area contributed by atoms with Gasteiger partial charge in [0.2, 0.25) is 5.95 Å². The predicted octanol–water partition coefficient (Wildman–Crippen LogP) is 1.77. The molecule has 0 unspecified atom stereocenters. The Bertz CT molecular complexity index is 479. The Morgan fingerprint density at radius 2 is 2.27 bits per heavy atom. The smallest absolute Gasteiger partial charge is 0.224 e. The summed E-state index contributed by atoms with van der Waals surface area (Å²) in [7, 11) is 1.78. The first-order chi connectivity index (χ1) is 7.20. The topological polar surface area (TPSA) is 55.6 Å². The molecule has 0 saturated carbocycles. The van der Waals surface area contributed by atoms with Gasteiger partial charge in [-0.2, -0.15) is 10.1 Å². The van der Waals surface area contributed by atoms with Crippen molar-refractivity contribution in [3.05, 3.63) is 28.6 Å². The van der Waals surface area contributed by atoms with Crippen molar-refractivity contribution in [3.8, 4) is 5.82 Å². The lowest BCUT2D eigenvalue weighted by atomic mass is 10.5. The maximum atomic E-state index is 4.31. The predicted molar refractivity (Wildman–Crippen MR) is 61.1 cm³/mol. The summed E-state index contributed by atoms with van der Waals surface area (Å²) in [6.07, 6.45) is 3.56. The number of halogens is 1. The third-order valence-electron chi connectivity index (χ3n) is 1.89. The Morgan fingerprint density at radius 1 is 1.47 bits per heavy atom. The van der Waals surface area contributed by atoms with Gasteiger partial charge in [-0.3, -0.25) is 0 Å². The molecule has 2 aromatic rings. The molecule has 1 N–H and O–H groups in total. The fourth-order valence-electron chi connectivity index (χ4n) is 1.17. The summed E-state index contributed by atoms with van der Waals surface area (Å²) in [6, 6.07) is 1.92. The summed E-state index contributed by atoms with van der Waals surface area (Å²) in [5.74, 6) is 1.30. The van der Waals surface area contributed by atoms with Crippen LogP contribution in [0.25, 0.3) is 5.82 Å². The molecule has 6 heteroatoms. The Morgan fingerprint density at radius 3 is 2.87 bits per heavy atom. The minimum Gasteiger partial charge on any atom is -0.357 e. The average molecular weight is 268 g/mol. The van der Waals surface area contributed by atoms with Gasteiger partial charge in [0.1, 0.15) is 0 Å². The second-order valence-electron chi connectivity index (χ2n) is 3.02. The average Bonchev–Trinajstić information content (AvgIpc) is 2.65. The molecule has 5 nitrogen and oxygen atoms in total. The number of aromatic nitrogens is 4. The molecule has 0 radical (unpaired) electrons. The third-order valence-corrected chi connectivity index (χ3v) is 2.45. The molecule has 0 aliphatic rings. The second kappa shape index (κ2) is 3.98. The molecule has 0 aliphatic heterocycles. The maximum absolute atomic E-state index is 4.31. The van der Waals surface area contributed by atoms with Crippen LogP contribution in [0.1, 0.15) is 5.69 Å². The normalized spacial score (nSPS) is 10.3. The first-order valence-corrected chi connectivity index (χ1v) is 5.23. The van der Waals surface area contributed by atoms with Gasteiger partial charge < -0.3 is 5.32 Å². The quantitative estimate of drug-likeness (QED) is 0.901. The van der Waals surface area contributed by atoms with Crippen LogP contribution in [0.4, 0.5) is 5.95 Å². The molecule has 0 amide bonds. The van der Waals surface area contributed by atoms with Gasteiger partial charge in [-0.15, -0.1) is 0 Å². The van der Waals surface area contributed by atoms with E-state index in [-0.39, 0.29) is 0 Å². The van der Waals surface area contributed by atoms with E-state index in [0.29, 0.717) is 5.95 Å². The van der Waals surface area contributed by atoms with Crippen LogP contribution in [0.3, 0.4) is 0 Å². The van der Waals surface area contributed by atoms with Crippen molar-refractivity contribution >= 4 is 21.9 Å². The molecule has 0 bridgehead atoms. The molecule has 0 spiro atoms. The van der Waals surface area contributed by atoms with E-state index in [2.05, 4.69) is 36.3 Å². The van der Waals surface area contributed by atoms with Crippen LogP contribution in [0.5, 0.6) is 0 Å². The molecule has 15 heavy (non-hydrogen) atoms. The SMILES string of the molecule is CNc1ncc(Br)c(-n2ccc(C)n2)n1. The Balaban J connectivity index is 2.51. The zero-order valence-corrected chi connectivity index (χ0v) is 9.98. The molecule has 0 fully saturated rings. The van der Waals surface area contributed by atoms with Gasteiger partial charge in [0.25, 0.3) is 0 Å². The van der Waals surface area contributed by atoms with Crippen LogP contribution in [0.15, 0.2) is 22.9 Å². The summed E-state index contributed by atoms with van der Waals surface area (Å²) < 4.78 is 2.52. The van der Waals surface area contributed by atoms with Crippen LogP contribution in [-0.2, 0) is 0 Å². The second-order valence-corrected chi connectivity index (χ2v) is 3.87. The van der Waals surface area contributed by atoms with E-state index < -0.39 is 0 Å². The Labute approximate surface area is 95.7 Å². The molecule has 2 rings (SSSR count). The summed E-state index contributed by atoms with van der Waals surface area (Å²) in [5.41, 5.74) is 0.950. The zero-order chi connectivity index (χ0) is 10.8. The number of aryl methyl sites for hydroxylation is 1. The van der Waals surface area contributed by atoms with Gasteiger partial charge in [-0.1, -0.05) is 0 Å². The van der Waals surface area contributed by atoms with Crippen LogP contribution in [0.2, 0.25) is 0 Å². The highest BCUT2D eigenvalue weighted by Gasteiger charge is 2.07. The van der Waals surface area contributed by atoms with Gasteiger partial charge in [0.15, 0.2) is 5.82 Å². The van der Waals surface area contributed by atoms with Crippen molar-refractivity contribution in [2.45, 2.75) is 6.92 Å². The standard InChI is InChI=1S/C9H10BrN5/c1-6-3-4-15(14-6)8-7(10)5-12-9(11-2)13-8/h3-5H,1-2H3,(H,11,12,13). The van der Waals surface area contributed by atoms with E-state index >= 15 is 0 Å². The maximum Gasteiger partial charge on any atom is 0.224 e. The Kier molecular flexibility index (Phi) is 2.68. The Hall–Kier alpha value is -1.43. The summed E-state index contributed by atoms with van der Waals surface area (Å²) in [5, 5.41) is 7.17. The van der Waals surface area contributed by atoms with Crippen molar-refractivity contribution in [1.82, 2.24) is 19.7 Å². The molecule has 2 aromatic heterocycles. The molecule has 78 valence electrons. The van der Waals surface area contributed by atoms with Crippen molar-refractivity contribution in [3.63, 3.8) is 0 Å². The van der Waals surface area contributed by atoms with Crippen LogP contribution < -0.4 is 5.32 Å². The number of anilines is 1. The summed E-state index contributed by atoms with van der Waals surface area (Å²) >= 11 is 3.39. The van der Waals surface area contributed by atoms with Crippen molar-refractivity contribution in [2.24, 2.45) is 0 Å². The van der Waals surface area contributed by atoms with Crippen molar-refractivity contribution < 1.29 is 0 Å². The molecular formula is C9H10BrN5. The van der Waals surface area contributed by atoms with E-state index in [1.807, 2.05) is 19.2 Å². The van der Waals surface area contributed by atoms with E-state index in [1.54, 1.807) is 17.9 Å². The number of nitrogens with one attached hydrogen (secondary N) is 1. The van der Waals surface area contributed by atoms with E-state index in [0.717, 1.165) is 16.0 Å². The molecule has 0 saturated heterocycles. The van der Waals surface area contributed by atoms with Gasteiger partial charge in [-0.25, -0.2) is 9.67 Å². The van der Waals surface area contributed by atoms with Crippen molar-refractivity contribution in [1.29, 1.82) is 0 Å². The number of hydrogen-bond donors (Lipinski definition) is 1. The largest absolute Gasteiger partial charge is 0.357 e. The molecular weight excluding hydrogens is 258 g/mol. The van der Waals surface area contributed by atoms with E-state index in [9.17, 15) is 0 Å². The molecule has 0 atom stereocenters. The molecule has 2 heterocycles. The lowest BCUT2D eigenvalue weighted by Gasteiger charge is -2.05. The lowest BCUT2D eigenvalue weighted by molar-refractivity contribution is 0.822. The van der Waals surface area contributed by atoms with Crippen molar-refractivity contribution in [2.75, 3.05) is 12.4 Å². The van der Waals surface area contributed by atoms with E-state index in [4.69, 9.17) is 0 Å². The number of rotatable bonds is 2. The fourth-order valence-corrected chi connectivity index (χ4v) is 1.54. The van der Waals surface area contributed by atoms with Crippen LogP contribution >= 0.6 is 15.9 Å². The highest BCUT2D eigenvalue weighted by molar-refractivity contribution is 9.10.